The molecule has 1 heterocycles. The Kier molecular flexibility index (Phi) is 4.67. The smallest absolute Gasteiger partial charge is 0.315 e. The van der Waals surface area contributed by atoms with Crippen molar-refractivity contribution >= 4 is 11.7 Å². The number of ether oxygens (including phenoxy) is 2. The van der Waals surface area contributed by atoms with Crippen molar-refractivity contribution in [1.29, 1.82) is 0 Å². The van der Waals surface area contributed by atoms with Crippen LogP contribution in [0.15, 0.2) is 60.2 Å². The molecular weight excluding hydrogens is 300 g/mol. The summed E-state index contributed by atoms with van der Waals surface area (Å²) in [4.78, 5) is 11.9. The molecule has 0 aromatic heterocycles. The van der Waals surface area contributed by atoms with Crippen LogP contribution in [-0.2, 0) is 9.53 Å². The van der Waals surface area contributed by atoms with Gasteiger partial charge in [0, 0.05) is 11.1 Å². The molecule has 120 valence electrons. The molecule has 2 aromatic rings. The van der Waals surface area contributed by atoms with Crippen molar-refractivity contribution in [2.24, 2.45) is 0 Å². The van der Waals surface area contributed by atoms with Crippen LogP contribution in [0.5, 0.6) is 5.75 Å². The van der Waals surface area contributed by atoms with Gasteiger partial charge in [0.2, 0.25) is 0 Å². The molecule has 0 saturated heterocycles. The van der Waals surface area contributed by atoms with Crippen molar-refractivity contribution < 1.29 is 14.3 Å². The van der Waals surface area contributed by atoms with Gasteiger partial charge in [0.1, 0.15) is 11.5 Å². The van der Waals surface area contributed by atoms with E-state index in [0.29, 0.717) is 5.76 Å². The minimum absolute atomic E-state index is 0.178. The number of hydrogen-bond acceptors (Lipinski definition) is 3. The molecule has 0 bridgehead atoms. The lowest BCUT2D eigenvalue weighted by atomic mass is 9.88. The Morgan fingerprint density at radius 2 is 1.79 bits per heavy atom. The minimum Gasteiger partial charge on any atom is -0.497 e. The van der Waals surface area contributed by atoms with Crippen molar-refractivity contribution in [2.75, 3.05) is 7.11 Å². The Morgan fingerprint density at radius 1 is 1.08 bits per heavy atom. The first-order valence-corrected chi connectivity index (χ1v) is 7.78. The molecule has 0 spiro atoms. The number of carbonyl (C=O) groups excluding carboxylic acids is 1. The summed E-state index contributed by atoms with van der Waals surface area (Å²) in [6, 6.07) is 17.4. The minimum atomic E-state index is -0.236. The molecule has 0 fully saturated rings. The maximum atomic E-state index is 11.9. The highest BCUT2D eigenvalue weighted by Crippen LogP contribution is 2.38. The zero-order valence-electron chi connectivity index (χ0n) is 13.7. The monoisotopic (exact) mass is 318 g/mol. The number of methoxy groups -OCH3 is 1. The molecular formula is C21H18O3. The van der Waals surface area contributed by atoms with E-state index >= 15 is 0 Å². The van der Waals surface area contributed by atoms with Crippen molar-refractivity contribution in [1.82, 2.24) is 0 Å². The average Bonchev–Trinajstić information content (AvgIpc) is 3.02. The fourth-order valence-electron chi connectivity index (χ4n) is 2.83. The normalized spacial score (nSPS) is 14.7. The zero-order chi connectivity index (χ0) is 16.9. The van der Waals surface area contributed by atoms with E-state index in [0.717, 1.165) is 22.4 Å². The predicted octanol–water partition coefficient (Wildman–Crippen LogP) is 4.16. The first-order chi connectivity index (χ1) is 11.7. The van der Waals surface area contributed by atoms with Gasteiger partial charge in [-0.05, 0) is 24.6 Å². The van der Waals surface area contributed by atoms with Crippen LogP contribution in [0, 0.1) is 11.8 Å². The van der Waals surface area contributed by atoms with E-state index < -0.39 is 0 Å². The fraction of sp³-hybridized carbons (Fsp3) is 0.190. The second-order valence-electron chi connectivity index (χ2n) is 5.47. The molecule has 0 N–H and O–H groups in total. The Bertz CT molecular complexity index is 821. The van der Waals surface area contributed by atoms with Gasteiger partial charge in [0.15, 0.2) is 0 Å². The molecule has 1 unspecified atom stereocenters. The standard InChI is InChI=1S/C21H18O3/c1-3-7-18(15-10-12-17(23-2)13-11-15)19-14-20(22)24-21(19)16-8-5-4-6-9-16/h4-6,8-13,18H,14H2,1-2H3. The summed E-state index contributed by atoms with van der Waals surface area (Å²) in [5.41, 5.74) is 2.83. The van der Waals surface area contributed by atoms with Gasteiger partial charge >= 0.3 is 5.97 Å². The van der Waals surface area contributed by atoms with Gasteiger partial charge in [-0.25, -0.2) is 0 Å². The number of hydrogen-bond donors (Lipinski definition) is 0. The van der Waals surface area contributed by atoms with Crippen LogP contribution in [0.3, 0.4) is 0 Å². The number of cyclic esters (lactones) is 1. The lowest BCUT2D eigenvalue weighted by Gasteiger charge is -2.14. The van der Waals surface area contributed by atoms with Gasteiger partial charge in [-0.2, -0.15) is 0 Å². The quantitative estimate of drug-likeness (QED) is 0.627. The van der Waals surface area contributed by atoms with Gasteiger partial charge in [-0.3, -0.25) is 4.79 Å². The van der Waals surface area contributed by atoms with E-state index in [-0.39, 0.29) is 18.3 Å². The number of rotatable bonds is 4. The Hall–Kier alpha value is -2.99. The van der Waals surface area contributed by atoms with Crippen molar-refractivity contribution in [3.8, 4) is 17.6 Å². The van der Waals surface area contributed by atoms with Crippen LogP contribution in [0.4, 0.5) is 0 Å². The Balaban J connectivity index is 2.07. The summed E-state index contributed by atoms with van der Waals surface area (Å²) in [6.45, 7) is 1.80. The van der Waals surface area contributed by atoms with E-state index in [1.807, 2.05) is 54.6 Å². The number of carbonyl (C=O) groups is 1. The molecule has 0 aliphatic carbocycles. The van der Waals surface area contributed by atoms with E-state index in [1.165, 1.54) is 0 Å². The lowest BCUT2D eigenvalue weighted by Crippen LogP contribution is -2.02. The molecule has 3 nitrogen and oxygen atoms in total. The second-order valence-corrected chi connectivity index (χ2v) is 5.47. The molecule has 24 heavy (non-hydrogen) atoms. The summed E-state index contributed by atoms with van der Waals surface area (Å²) in [6.07, 6.45) is 0.260. The third-order valence-corrected chi connectivity index (χ3v) is 3.96. The molecule has 1 atom stereocenters. The highest BCUT2D eigenvalue weighted by molar-refractivity contribution is 5.89. The number of esters is 1. The summed E-state index contributed by atoms with van der Waals surface area (Å²) >= 11 is 0. The van der Waals surface area contributed by atoms with Gasteiger partial charge < -0.3 is 9.47 Å². The lowest BCUT2D eigenvalue weighted by molar-refractivity contribution is -0.134. The first-order valence-electron chi connectivity index (χ1n) is 7.78. The molecule has 2 aromatic carbocycles. The number of benzene rings is 2. The van der Waals surface area contributed by atoms with Crippen LogP contribution in [0.1, 0.15) is 30.4 Å². The fourth-order valence-corrected chi connectivity index (χ4v) is 2.83. The second kappa shape index (κ2) is 7.06. The molecule has 0 saturated carbocycles. The highest BCUT2D eigenvalue weighted by atomic mass is 16.5. The molecule has 3 rings (SSSR count). The van der Waals surface area contributed by atoms with Crippen LogP contribution < -0.4 is 4.74 Å². The SMILES string of the molecule is CC#CC(C1=C(c2ccccc2)OC(=O)C1)c1ccc(OC)cc1. The summed E-state index contributed by atoms with van der Waals surface area (Å²) in [7, 11) is 1.64. The van der Waals surface area contributed by atoms with Gasteiger partial charge in [0.05, 0.1) is 19.4 Å². The van der Waals surface area contributed by atoms with Crippen molar-refractivity contribution in [3.63, 3.8) is 0 Å². The van der Waals surface area contributed by atoms with Gasteiger partial charge in [-0.1, -0.05) is 48.4 Å². The van der Waals surface area contributed by atoms with Crippen LogP contribution >= 0.6 is 0 Å². The van der Waals surface area contributed by atoms with Gasteiger partial charge in [-0.15, -0.1) is 5.92 Å². The summed E-state index contributed by atoms with van der Waals surface area (Å²) < 4.78 is 10.7. The molecule has 3 heteroatoms. The third kappa shape index (κ3) is 3.18. The van der Waals surface area contributed by atoms with Crippen LogP contribution in [0.2, 0.25) is 0 Å². The van der Waals surface area contributed by atoms with Crippen molar-refractivity contribution in [3.05, 3.63) is 71.3 Å². The first kappa shape index (κ1) is 15.9. The largest absolute Gasteiger partial charge is 0.497 e. The molecule has 0 radical (unpaired) electrons. The predicted molar refractivity (Wildman–Crippen MR) is 93.3 cm³/mol. The van der Waals surface area contributed by atoms with E-state index in [1.54, 1.807) is 14.0 Å². The molecule has 1 aliphatic heterocycles. The van der Waals surface area contributed by atoms with E-state index in [9.17, 15) is 4.79 Å². The third-order valence-electron chi connectivity index (χ3n) is 3.96. The van der Waals surface area contributed by atoms with Crippen LogP contribution in [0.25, 0.3) is 5.76 Å². The van der Waals surface area contributed by atoms with Crippen molar-refractivity contribution in [2.45, 2.75) is 19.3 Å². The van der Waals surface area contributed by atoms with Gasteiger partial charge in [0.25, 0.3) is 0 Å². The van der Waals surface area contributed by atoms with E-state index in [4.69, 9.17) is 9.47 Å². The molecule has 0 amide bonds. The van der Waals surface area contributed by atoms with E-state index in [2.05, 4.69) is 11.8 Å². The Morgan fingerprint density at radius 3 is 2.42 bits per heavy atom. The molecule has 1 aliphatic rings. The average molecular weight is 318 g/mol. The maximum Gasteiger partial charge on any atom is 0.315 e. The maximum absolute atomic E-state index is 11.9. The highest BCUT2D eigenvalue weighted by Gasteiger charge is 2.30. The summed E-state index contributed by atoms with van der Waals surface area (Å²) in [5.74, 6) is 7.20. The topological polar surface area (TPSA) is 35.5 Å². The summed E-state index contributed by atoms with van der Waals surface area (Å²) in [5, 5.41) is 0. The zero-order valence-corrected chi connectivity index (χ0v) is 13.7. The Labute approximate surface area is 141 Å². The van der Waals surface area contributed by atoms with Crippen LogP contribution in [-0.4, -0.2) is 13.1 Å².